The predicted octanol–water partition coefficient (Wildman–Crippen LogP) is 4.57. The van der Waals surface area contributed by atoms with Crippen LogP contribution in [0.15, 0.2) is 42.6 Å². The maximum absolute atomic E-state index is 13.0. The molecule has 8 heteroatoms. The third-order valence-corrected chi connectivity index (χ3v) is 5.39. The maximum atomic E-state index is 13.0. The van der Waals surface area contributed by atoms with Crippen molar-refractivity contribution in [3.05, 3.63) is 63.9 Å². The summed E-state index contributed by atoms with van der Waals surface area (Å²) in [7, 11) is 0. The molecule has 2 heterocycles. The monoisotopic (exact) mass is 416 g/mol. The Morgan fingerprint density at radius 2 is 1.86 bits per heavy atom. The van der Waals surface area contributed by atoms with E-state index in [1.54, 1.807) is 22.7 Å². The summed E-state index contributed by atoms with van der Waals surface area (Å²) < 4.78 is 1.67. The lowest BCUT2D eigenvalue weighted by Crippen LogP contribution is -2.34. The first-order valence-electron chi connectivity index (χ1n) is 9.07. The number of hydrogen-bond acceptors (Lipinski definition) is 3. The van der Waals surface area contributed by atoms with E-state index in [4.69, 9.17) is 23.2 Å². The highest BCUT2D eigenvalue weighted by molar-refractivity contribution is 6.37. The molecule has 0 atom stereocenters. The van der Waals surface area contributed by atoms with Crippen molar-refractivity contribution < 1.29 is 9.59 Å². The lowest BCUT2D eigenvalue weighted by Gasteiger charge is -2.13. The van der Waals surface area contributed by atoms with Crippen molar-refractivity contribution in [3.8, 4) is 0 Å². The molecule has 144 valence electrons. The Morgan fingerprint density at radius 3 is 2.61 bits per heavy atom. The Bertz CT molecular complexity index is 1060. The molecule has 28 heavy (non-hydrogen) atoms. The molecule has 2 N–H and O–H groups in total. The normalized spacial score (nSPS) is 14.4. The molecular formula is C20H18Cl2N4O2. The van der Waals surface area contributed by atoms with Gasteiger partial charge in [0, 0.05) is 17.3 Å². The fraction of sp³-hybridized carbons (Fsp3) is 0.250. The Labute approximate surface area is 171 Å². The van der Waals surface area contributed by atoms with Crippen molar-refractivity contribution in [1.29, 1.82) is 0 Å². The molecule has 0 radical (unpaired) electrons. The van der Waals surface area contributed by atoms with Crippen LogP contribution in [0.1, 0.15) is 46.5 Å². The zero-order valence-corrected chi connectivity index (χ0v) is 16.4. The molecule has 1 aromatic carbocycles. The summed E-state index contributed by atoms with van der Waals surface area (Å²) in [6, 6.07) is 10.2. The second-order valence-corrected chi connectivity index (χ2v) is 7.61. The van der Waals surface area contributed by atoms with E-state index in [0.29, 0.717) is 16.4 Å². The van der Waals surface area contributed by atoms with Crippen LogP contribution in [0.4, 0.5) is 5.82 Å². The summed E-state index contributed by atoms with van der Waals surface area (Å²) in [6.45, 7) is 0. The number of pyridine rings is 1. The summed E-state index contributed by atoms with van der Waals surface area (Å²) >= 11 is 12.0. The van der Waals surface area contributed by atoms with Crippen molar-refractivity contribution in [2.24, 2.45) is 0 Å². The fourth-order valence-corrected chi connectivity index (χ4v) is 3.97. The fourth-order valence-electron chi connectivity index (χ4n) is 3.47. The Hall–Kier alpha value is -2.57. The smallest absolute Gasteiger partial charge is 0.272 e. The summed E-state index contributed by atoms with van der Waals surface area (Å²) in [5.41, 5.74) is 1.11. The molecular weight excluding hydrogens is 399 g/mol. The highest BCUT2D eigenvalue weighted by Gasteiger charge is 2.25. The van der Waals surface area contributed by atoms with Gasteiger partial charge < -0.3 is 10.6 Å². The molecule has 3 aromatic rings. The van der Waals surface area contributed by atoms with Crippen molar-refractivity contribution >= 4 is 46.5 Å². The van der Waals surface area contributed by atoms with Crippen LogP contribution in [0, 0.1) is 0 Å². The van der Waals surface area contributed by atoms with E-state index in [0.717, 1.165) is 25.7 Å². The second-order valence-electron chi connectivity index (χ2n) is 6.77. The molecule has 1 aliphatic carbocycles. The van der Waals surface area contributed by atoms with Crippen LogP contribution in [0.5, 0.6) is 0 Å². The van der Waals surface area contributed by atoms with E-state index >= 15 is 0 Å². The van der Waals surface area contributed by atoms with Crippen LogP contribution in [0.25, 0.3) is 5.65 Å². The number of carbonyl (C=O) groups is 2. The predicted molar refractivity (Wildman–Crippen MR) is 109 cm³/mol. The SMILES string of the molecule is O=C(Nc1nc2ccccn2c1C(=O)NC1CCCC1)c1ccc(Cl)cc1Cl. The molecule has 6 nitrogen and oxygen atoms in total. The average Bonchev–Trinajstić information content (AvgIpc) is 3.28. The van der Waals surface area contributed by atoms with Gasteiger partial charge in [-0.3, -0.25) is 14.0 Å². The number of halogens is 2. The number of anilines is 1. The topological polar surface area (TPSA) is 75.5 Å². The van der Waals surface area contributed by atoms with Crippen LogP contribution < -0.4 is 10.6 Å². The number of nitrogens with one attached hydrogen (secondary N) is 2. The zero-order chi connectivity index (χ0) is 19.7. The van der Waals surface area contributed by atoms with Gasteiger partial charge in [-0.25, -0.2) is 4.98 Å². The molecule has 0 saturated heterocycles. The Morgan fingerprint density at radius 1 is 1.07 bits per heavy atom. The summed E-state index contributed by atoms with van der Waals surface area (Å²) in [4.78, 5) is 30.1. The minimum Gasteiger partial charge on any atom is -0.348 e. The van der Waals surface area contributed by atoms with Gasteiger partial charge >= 0.3 is 0 Å². The number of imidazole rings is 1. The first-order valence-corrected chi connectivity index (χ1v) is 9.83. The lowest BCUT2D eigenvalue weighted by molar-refractivity contribution is 0.0933. The molecule has 0 unspecified atom stereocenters. The van der Waals surface area contributed by atoms with Gasteiger partial charge in [-0.05, 0) is 43.2 Å². The van der Waals surface area contributed by atoms with Gasteiger partial charge in [0.15, 0.2) is 11.5 Å². The first-order chi connectivity index (χ1) is 13.5. The number of fused-ring (bicyclic) bond motifs is 1. The van der Waals surface area contributed by atoms with Gasteiger partial charge in [0.1, 0.15) is 5.65 Å². The zero-order valence-electron chi connectivity index (χ0n) is 14.9. The van der Waals surface area contributed by atoms with E-state index < -0.39 is 5.91 Å². The molecule has 0 aliphatic heterocycles. The van der Waals surface area contributed by atoms with Crippen LogP contribution in [-0.4, -0.2) is 27.2 Å². The van der Waals surface area contributed by atoms with Gasteiger partial charge in [0.2, 0.25) is 0 Å². The molecule has 2 aromatic heterocycles. The highest BCUT2D eigenvalue weighted by Crippen LogP contribution is 2.24. The van der Waals surface area contributed by atoms with Gasteiger partial charge in [0.25, 0.3) is 11.8 Å². The number of nitrogens with zero attached hydrogens (tertiary/aromatic N) is 2. The summed E-state index contributed by atoms with van der Waals surface area (Å²) in [5, 5.41) is 6.44. The molecule has 1 saturated carbocycles. The van der Waals surface area contributed by atoms with Gasteiger partial charge in [0.05, 0.1) is 10.6 Å². The molecule has 0 bridgehead atoms. The molecule has 0 spiro atoms. The third-order valence-electron chi connectivity index (χ3n) is 4.84. The number of hydrogen-bond donors (Lipinski definition) is 2. The molecule has 4 rings (SSSR count). The van der Waals surface area contributed by atoms with Gasteiger partial charge in [-0.15, -0.1) is 0 Å². The molecule has 1 fully saturated rings. The number of benzene rings is 1. The summed E-state index contributed by atoms with van der Waals surface area (Å²) in [5.74, 6) is -0.527. The number of rotatable bonds is 4. The van der Waals surface area contributed by atoms with E-state index in [9.17, 15) is 9.59 Å². The minimum absolute atomic E-state index is 0.149. The number of amides is 2. The van der Waals surface area contributed by atoms with Crippen molar-refractivity contribution in [3.63, 3.8) is 0 Å². The third kappa shape index (κ3) is 3.70. The average molecular weight is 417 g/mol. The first kappa shape index (κ1) is 18.8. The second kappa shape index (κ2) is 7.81. The standard InChI is InChI=1S/C20H18Cl2N4O2/c21-12-8-9-14(15(22)11-12)19(27)25-18-17(20(28)23-13-5-1-2-6-13)26-10-4-3-7-16(26)24-18/h3-4,7-11,13H,1-2,5-6H2,(H,23,28)(H,25,27). The molecule has 1 aliphatic rings. The maximum Gasteiger partial charge on any atom is 0.272 e. The quantitative estimate of drug-likeness (QED) is 0.653. The summed E-state index contributed by atoms with van der Waals surface area (Å²) in [6.07, 6.45) is 5.89. The lowest BCUT2D eigenvalue weighted by atomic mass is 10.2. The van der Waals surface area contributed by atoms with Crippen LogP contribution in [0.3, 0.4) is 0 Å². The van der Waals surface area contributed by atoms with Crippen LogP contribution in [0.2, 0.25) is 10.0 Å². The van der Waals surface area contributed by atoms with Crippen LogP contribution >= 0.6 is 23.2 Å². The minimum atomic E-state index is -0.458. The van der Waals surface area contributed by atoms with E-state index in [-0.39, 0.29) is 28.4 Å². The van der Waals surface area contributed by atoms with E-state index in [2.05, 4.69) is 15.6 Å². The van der Waals surface area contributed by atoms with Crippen molar-refractivity contribution in [1.82, 2.24) is 14.7 Å². The van der Waals surface area contributed by atoms with Gasteiger partial charge in [-0.1, -0.05) is 42.1 Å². The number of carbonyl (C=O) groups excluding carboxylic acids is 2. The van der Waals surface area contributed by atoms with Crippen molar-refractivity contribution in [2.75, 3.05) is 5.32 Å². The molecule has 2 amide bonds. The van der Waals surface area contributed by atoms with Crippen LogP contribution in [-0.2, 0) is 0 Å². The van der Waals surface area contributed by atoms with Gasteiger partial charge in [-0.2, -0.15) is 0 Å². The Balaban J connectivity index is 1.67. The Kier molecular flexibility index (Phi) is 5.24. The van der Waals surface area contributed by atoms with E-state index in [1.807, 2.05) is 12.1 Å². The largest absolute Gasteiger partial charge is 0.348 e. The highest BCUT2D eigenvalue weighted by atomic mass is 35.5. The van der Waals surface area contributed by atoms with E-state index in [1.165, 1.54) is 12.1 Å². The number of aromatic nitrogens is 2. The van der Waals surface area contributed by atoms with Crippen molar-refractivity contribution in [2.45, 2.75) is 31.7 Å².